The van der Waals surface area contributed by atoms with Crippen molar-refractivity contribution in [3.8, 4) is 5.69 Å². The van der Waals surface area contributed by atoms with Crippen LogP contribution in [0.25, 0.3) is 11.8 Å². The van der Waals surface area contributed by atoms with Gasteiger partial charge in [-0.3, -0.25) is 0 Å². The Morgan fingerprint density at radius 1 is 1.27 bits per heavy atom. The molecule has 7 nitrogen and oxygen atoms in total. The molecule has 0 unspecified atom stereocenters. The van der Waals surface area contributed by atoms with Gasteiger partial charge in [-0.05, 0) is 32.1 Å². The minimum Gasteiger partial charge on any atom is -0.452 e. The SMILES string of the molecule is CCc1noc(COC(=O)/C=C/c2c(C)nn(-c3ccccc3)c2C)n1. The van der Waals surface area contributed by atoms with Crippen LogP contribution in [0.15, 0.2) is 40.9 Å². The largest absolute Gasteiger partial charge is 0.452 e. The second-order valence-corrected chi connectivity index (χ2v) is 5.73. The van der Waals surface area contributed by atoms with Crippen molar-refractivity contribution in [1.82, 2.24) is 19.9 Å². The summed E-state index contributed by atoms with van der Waals surface area (Å²) in [5, 5.41) is 8.30. The highest BCUT2D eigenvalue weighted by Crippen LogP contribution is 2.19. The first-order chi connectivity index (χ1) is 12.6. The van der Waals surface area contributed by atoms with Crippen molar-refractivity contribution in [1.29, 1.82) is 0 Å². The van der Waals surface area contributed by atoms with Crippen LogP contribution in [0.5, 0.6) is 0 Å². The molecule has 2 aromatic heterocycles. The maximum atomic E-state index is 11.9. The third kappa shape index (κ3) is 3.88. The summed E-state index contributed by atoms with van der Waals surface area (Å²) in [6.07, 6.45) is 3.76. The van der Waals surface area contributed by atoms with Gasteiger partial charge in [-0.1, -0.05) is 30.3 Å². The maximum absolute atomic E-state index is 11.9. The molecule has 0 radical (unpaired) electrons. The predicted molar refractivity (Wildman–Crippen MR) is 95.5 cm³/mol. The third-order valence-electron chi connectivity index (χ3n) is 3.90. The van der Waals surface area contributed by atoms with Crippen molar-refractivity contribution < 1.29 is 14.1 Å². The van der Waals surface area contributed by atoms with E-state index in [-0.39, 0.29) is 12.5 Å². The highest BCUT2D eigenvalue weighted by atomic mass is 16.6. The quantitative estimate of drug-likeness (QED) is 0.500. The minimum absolute atomic E-state index is 0.0442. The second-order valence-electron chi connectivity index (χ2n) is 5.73. The van der Waals surface area contributed by atoms with E-state index in [2.05, 4.69) is 15.2 Å². The fourth-order valence-corrected chi connectivity index (χ4v) is 2.54. The standard InChI is InChI=1S/C19H20N4O3/c1-4-17-20-18(26-22-17)12-25-19(24)11-10-16-13(2)21-23(14(16)3)15-8-6-5-7-9-15/h5-11H,4,12H2,1-3H3/b11-10+. The van der Waals surface area contributed by atoms with E-state index in [1.807, 2.05) is 55.8 Å². The summed E-state index contributed by atoms with van der Waals surface area (Å²) in [7, 11) is 0. The molecule has 0 spiro atoms. The van der Waals surface area contributed by atoms with Gasteiger partial charge in [0.05, 0.1) is 11.4 Å². The summed E-state index contributed by atoms with van der Waals surface area (Å²) in [5.41, 5.74) is 3.64. The number of ether oxygens (including phenoxy) is 1. The number of benzene rings is 1. The van der Waals surface area contributed by atoms with Crippen LogP contribution in [0.4, 0.5) is 0 Å². The summed E-state index contributed by atoms with van der Waals surface area (Å²) in [6, 6.07) is 9.84. The molecule has 3 rings (SSSR count). The molecule has 0 amide bonds. The molecule has 2 heterocycles. The smallest absolute Gasteiger partial charge is 0.331 e. The van der Waals surface area contributed by atoms with E-state index < -0.39 is 5.97 Å². The van der Waals surface area contributed by atoms with E-state index in [9.17, 15) is 4.79 Å². The number of para-hydroxylation sites is 1. The molecule has 0 saturated heterocycles. The van der Waals surface area contributed by atoms with Crippen LogP contribution in [0.3, 0.4) is 0 Å². The van der Waals surface area contributed by atoms with E-state index in [1.165, 1.54) is 6.08 Å². The number of aryl methyl sites for hydroxylation is 2. The molecule has 1 aromatic carbocycles. The Morgan fingerprint density at radius 3 is 2.73 bits per heavy atom. The van der Waals surface area contributed by atoms with Gasteiger partial charge in [0, 0.05) is 23.8 Å². The topological polar surface area (TPSA) is 83.0 Å². The maximum Gasteiger partial charge on any atom is 0.331 e. The average molecular weight is 352 g/mol. The first kappa shape index (κ1) is 17.6. The molecule has 0 bridgehead atoms. The molecule has 3 aromatic rings. The fourth-order valence-electron chi connectivity index (χ4n) is 2.54. The van der Waals surface area contributed by atoms with Crippen LogP contribution < -0.4 is 0 Å². The van der Waals surface area contributed by atoms with Gasteiger partial charge < -0.3 is 9.26 Å². The monoisotopic (exact) mass is 352 g/mol. The molecule has 26 heavy (non-hydrogen) atoms. The van der Waals surface area contributed by atoms with Gasteiger partial charge >= 0.3 is 5.97 Å². The summed E-state index contributed by atoms with van der Waals surface area (Å²) in [4.78, 5) is 16.0. The minimum atomic E-state index is -0.479. The molecular formula is C19H20N4O3. The normalized spacial score (nSPS) is 11.2. The molecular weight excluding hydrogens is 332 g/mol. The second kappa shape index (κ2) is 7.77. The van der Waals surface area contributed by atoms with Crippen LogP contribution in [0.1, 0.15) is 35.6 Å². The van der Waals surface area contributed by atoms with E-state index >= 15 is 0 Å². The van der Waals surface area contributed by atoms with Crippen molar-refractivity contribution in [2.24, 2.45) is 0 Å². The van der Waals surface area contributed by atoms with Crippen LogP contribution in [0.2, 0.25) is 0 Å². The Hall–Kier alpha value is -3.22. The molecule has 0 aliphatic heterocycles. The number of esters is 1. The molecule has 0 aliphatic rings. The van der Waals surface area contributed by atoms with Crippen LogP contribution in [-0.2, 0) is 22.6 Å². The Kier molecular flexibility index (Phi) is 5.26. The van der Waals surface area contributed by atoms with E-state index in [4.69, 9.17) is 9.26 Å². The first-order valence-electron chi connectivity index (χ1n) is 8.36. The zero-order valence-corrected chi connectivity index (χ0v) is 15.0. The number of carbonyl (C=O) groups excluding carboxylic acids is 1. The highest BCUT2D eigenvalue weighted by molar-refractivity contribution is 5.87. The van der Waals surface area contributed by atoms with Gasteiger partial charge in [0.15, 0.2) is 12.4 Å². The van der Waals surface area contributed by atoms with E-state index in [1.54, 1.807) is 6.08 Å². The first-order valence-corrected chi connectivity index (χ1v) is 8.36. The molecule has 0 atom stereocenters. The Morgan fingerprint density at radius 2 is 2.04 bits per heavy atom. The molecule has 0 saturated carbocycles. The lowest BCUT2D eigenvalue weighted by atomic mass is 10.2. The average Bonchev–Trinajstić information content (AvgIpc) is 3.23. The highest BCUT2D eigenvalue weighted by Gasteiger charge is 2.11. The zero-order valence-electron chi connectivity index (χ0n) is 15.0. The number of aromatic nitrogens is 4. The number of rotatable bonds is 6. The number of nitrogens with zero attached hydrogens (tertiary/aromatic N) is 4. The van der Waals surface area contributed by atoms with Crippen molar-refractivity contribution in [3.05, 3.63) is 65.1 Å². The Labute approximate surface area is 151 Å². The zero-order chi connectivity index (χ0) is 18.5. The lowest BCUT2D eigenvalue weighted by Gasteiger charge is -2.03. The van der Waals surface area contributed by atoms with E-state index in [0.29, 0.717) is 12.2 Å². The number of hydrogen-bond acceptors (Lipinski definition) is 6. The molecule has 0 N–H and O–H groups in total. The van der Waals surface area contributed by atoms with Gasteiger partial charge in [-0.25, -0.2) is 9.48 Å². The van der Waals surface area contributed by atoms with Gasteiger partial charge in [0.1, 0.15) is 0 Å². The summed E-state index contributed by atoms with van der Waals surface area (Å²) < 4.78 is 12.0. The third-order valence-corrected chi connectivity index (χ3v) is 3.90. The van der Waals surface area contributed by atoms with Crippen LogP contribution in [-0.4, -0.2) is 25.9 Å². The van der Waals surface area contributed by atoms with Crippen LogP contribution >= 0.6 is 0 Å². The Bertz CT molecular complexity index is 926. The molecule has 7 heteroatoms. The van der Waals surface area contributed by atoms with Crippen molar-refractivity contribution in [2.75, 3.05) is 0 Å². The summed E-state index contributed by atoms with van der Waals surface area (Å²) >= 11 is 0. The lowest BCUT2D eigenvalue weighted by Crippen LogP contribution is -2.01. The summed E-state index contributed by atoms with van der Waals surface area (Å²) in [5.74, 6) is 0.395. The van der Waals surface area contributed by atoms with Crippen molar-refractivity contribution in [3.63, 3.8) is 0 Å². The van der Waals surface area contributed by atoms with Crippen molar-refractivity contribution in [2.45, 2.75) is 33.8 Å². The predicted octanol–water partition coefficient (Wildman–Crippen LogP) is 3.19. The van der Waals surface area contributed by atoms with Gasteiger partial charge in [0.25, 0.3) is 5.89 Å². The van der Waals surface area contributed by atoms with E-state index in [0.717, 1.165) is 22.6 Å². The lowest BCUT2D eigenvalue weighted by molar-refractivity contribution is -0.139. The van der Waals surface area contributed by atoms with Gasteiger partial charge in [0.2, 0.25) is 0 Å². The fraction of sp³-hybridized carbons (Fsp3) is 0.263. The number of hydrogen-bond donors (Lipinski definition) is 0. The molecule has 0 aliphatic carbocycles. The van der Waals surface area contributed by atoms with Crippen molar-refractivity contribution >= 4 is 12.0 Å². The van der Waals surface area contributed by atoms with Gasteiger partial charge in [-0.15, -0.1) is 0 Å². The van der Waals surface area contributed by atoms with Gasteiger partial charge in [-0.2, -0.15) is 10.1 Å². The molecule has 0 fully saturated rings. The van der Waals surface area contributed by atoms with Crippen LogP contribution in [0, 0.1) is 13.8 Å². The molecule has 134 valence electrons. The number of carbonyl (C=O) groups is 1. The summed E-state index contributed by atoms with van der Waals surface area (Å²) in [6.45, 7) is 5.74. The Balaban J connectivity index is 1.68.